The summed E-state index contributed by atoms with van der Waals surface area (Å²) in [6, 6.07) is 11.1. The number of hydrogen-bond acceptors (Lipinski definition) is 2. The maximum absolute atomic E-state index is 6.29. The van der Waals surface area contributed by atoms with E-state index in [9.17, 15) is 0 Å². The molecule has 0 spiro atoms. The van der Waals surface area contributed by atoms with Gasteiger partial charge in [-0.3, -0.25) is 0 Å². The second-order valence-electron chi connectivity index (χ2n) is 4.03. The molecule has 2 aromatic carbocycles. The molecule has 100 valence electrons. The van der Waals surface area contributed by atoms with E-state index in [-0.39, 0.29) is 6.04 Å². The molecule has 0 saturated carbocycles. The minimum absolute atomic E-state index is 0.291. The van der Waals surface area contributed by atoms with Gasteiger partial charge in [-0.1, -0.05) is 55.6 Å². The summed E-state index contributed by atoms with van der Waals surface area (Å²) in [5, 5.41) is 0.643. The lowest BCUT2D eigenvalue weighted by Crippen LogP contribution is -2.13. The van der Waals surface area contributed by atoms with Crippen molar-refractivity contribution >= 4 is 43.5 Å². The fourth-order valence-corrected chi connectivity index (χ4v) is 3.20. The monoisotopic (exact) mass is 403 g/mol. The first-order chi connectivity index (χ1) is 9.02. The van der Waals surface area contributed by atoms with Crippen LogP contribution in [0.4, 0.5) is 0 Å². The maximum Gasteiger partial charge on any atom is 0.120 e. The van der Waals surface area contributed by atoms with Crippen LogP contribution in [0.3, 0.4) is 0 Å². The van der Waals surface area contributed by atoms with Crippen molar-refractivity contribution in [1.29, 1.82) is 0 Å². The van der Waals surface area contributed by atoms with Crippen LogP contribution in [0.5, 0.6) is 5.75 Å². The Kier molecular flexibility index (Phi) is 4.90. The van der Waals surface area contributed by atoms with Crippen molar-refractivity contribution in [2.45, 2.75) is 6.04 Å². The average Bonchev–Trinajstić information content (AvgIpc) is 2.37. The van der Waals surface area contributed by atoms with E-state index in [1.54, 1.807) is 7.11 Å². The van der Waals surface area contributed by atoms with E-state index in [0.29, 0.717) is 5.02 Å². The molecule has 0 saturated heterocycles. The smallest absolute Gasteiger partial charge is 0.120 e. The van der Waals surface area contributed by atoms with Crippen LogP contribution < -0.4 is 10.5 Å². The highest BCUT2D eigenvalue weighted by atomic mass is 79.9. The Morgan fingerprint density at radius 1 is 1.11 bits per heavy atom. The average molecular weight is 406 g/mol. The van der Waals surface area contributed by atoms with Crippen LogP contribution in [0.25, 0.3) is 0 Å². The summed E-state index contributed by atoms with van der Waals surface area (Å²) in [6.45, 7) is 0. The van der Waals surface area contributed by atoms with Gasteiger partial charge in [-0.05, 0) is 35.4 Å². The summed E-state index contributed by atoms with van der Waals surface area (Å²) < 4.78 is 7.01. The fraction of sp³-hybridized carbons (Fsp3) is 0.143. The molecule has 2 N–H and O–H groups in total. The third-order valence-corrected chi connectivity index (χ3v) is 4.35. The van der Waals surface area contributed by atoms with E-state index in [1.807, 2.05) is 36.4 Å². The van der Waals surface area contributed by atoms with Gasteiger partial charge < -0.3 is 10.5 Å². The molecule has 2 nitrogen and oxygen atoms in total. The minimum Gasteiger partial charge on any atom is -0.497 e. The molecule has 0 radical (unpaired) electrons. The Labute approximate surface area is 134 Å². The lowest BCUT2D eigenvalue weighted by atomic mass is 9.99. The Morgan fingerprint density at radius 3 is 2.37 bits per heavy atom. The second kappa shape index (κ2) is 6.27. The van der Waals surface area contributed by atoms with Gasteiger partial charge in [0.1, 0.15) is 5.75 Å². The molecule has 2 aromatic rings. The van der Waals surface area contributed by atoms with Crippen molar-refractivity contribution in [2.24, 2.45) is 5.73 Å². The van der Waals surface area contributed by atoms with Crippen molar-refractivity contribution in [2.75, 3.05) is 7.11 Å². The fourth-order valence-electron chi connectivity index (χ4n) is 1.81. The van der Waals surface area contributed by atoms with E-state index in [4.69, 9.17) is 22.1 Å². The molecule has 0 heterocycles. The number of methoxy groups -OCH3 is 1. The van der Waals surface area contributed by atoms with Crippen molar-refractivity contribution in [3.8, 4) is 5.75 Å². The third kappa shape index (κ3) is 3.31. The molecule has 0 fully saturated rings. The normalized spacial score (nSPS) is 12.3. The molecule has 0 aliphatic rings. The number of hydrogen-bond donors (Lipinski definition) is 1. The first-order valence-corrected chi connectivity index (χ1v) is 7.53. The molecule has 1 atom stereocenters. The summed E-state index contributed by atoms with van der Waals surface area (Å²) >= 11 is 13.1. The molecule has 0 amide bonds. The number of nitrogens with two attached hydrogens (primary N) is 1. The topological polar surface area (TPSA) is 35.2 Å². The van der Waals surface area contributed by atoms with E-state index < -0.39 is 0 Å². The summed E-state index contributed by atoms with van der Waals surface area (Å²) in [5.74, 6) is 0.782. The van der Waals surface area contributed by atoms with E-state index in [1.165, 1.54) is 0 Å². The predicted molar refractivity (Wildman–Crippen MR) is 85.9 cm³/mol. The van der Waals surface area contributed by atoms with Crippen LogP contribution in [0.2, 0.25) is 5.02 Å². The molecule has 0 bridgehead atoms. The van der Waals surface area contributed by atoms with Crippen molar-refractivity contribution in [3.05, 3.63) is 61.5 Å². The first-order valence-electron chi connectivity index (χ1n) is 5.57. The third-order valence-electron chi connectivity index (χ3n) is 2.84. The van der Waals surface area contributed by atoms with Crippen LogP contribution in [-0.2, 0) is 0 Å². The van der Waals surface area contributed by atoms with Gasteiger partial charge in [0.05, 0.1) is 13.2 Å². The zero-order valence-corrected chi connectivity index (χ0v) is 14.1. The molecule has 0 aromatic heterocycles. The van der Waals surface area contributed by atoms with Crippen LogP contribution in [0.1, 0.15) is 17.2 Å². The minimum atomic E-state index is -0.291. The molecule has 0 aliphatic carbocycles. The van der Waals surface area contributed by atoms with Crippen LogP contribution in [-0.4, -0.2) is 7.11 Å². The molecular weight excluding hydrogens is 393 g/mol. The van der Waals surface area contributed by atoms with Gasteiger partial charge in [-0.2, -0.15) is 0 Å². The first kappa shape index (κ1) is 14.9. The molecule has 1 unspecified atom stereocenters. The Bertz CT molecular complexity index is 604. The highest BCUT2D eigenvalue weighted by Gasteiger charge is 2.15. The lowest BCUT2D eigenvalue weighted by Gasteiger charge is -2.16. The molecular formula is C14H12Br2ClNO. The Morgan fingerprint density at radius 2 is 1.79 bits per heavy atom. The van der Waals surface area contributed by atoms with Gasteiger partial charge in [0.2, 0.25) is 0 Å². The maximum atomic E-state index is 6.29. The van der Waals surface area contributed by atoms with Crippen LogP contribution in [0.15, 0.2) is 45.3 Å². The summed E-state index contributed by atoms with van der Waals surface area (Å²) in [6.07, 6.45) is 0. The van der Waals surface area contributed by atoms with Gasteiger partial charge >= 0.3 is 0 Å². The van der Waals surface area contributed by atoms with Gasteiger partial charge in [-0.25, -0.2) is 0 Å². The number of rotatable bonds is 3. The van der Waals surface area contributed by atoms with Crippen molar-refractivity contribution < 1.29 is 4.74 Å². The predicted octanol–water partition coefficient (Wildman–Crippen LogP) is 4.92. The molecule has 0 aliphatic heterocycles. The number of halogens is 3. The quantitative estimate of drug-likeness (QED) is 0.787. The van der Waals surface area contributed by atoms with Gasteiger partial charge in [0, 0.05) is 14.0 Å². The highest BCUT2D eigenvalue weighted by molar-refractivity contribution is 9.10. The standard InChI is InChI=1S/C14H12Br2ClNO/c1-19-9-3-5-10(12(16)7-9)14(18)11-4-2-8(15)6-13(11)17/h2-7,14H,18H2,1H3. The van der Waals surface area contributed by atoms with Crippen LogP contribution >= 0.6 is 43.5 Å². The summed E-state index contributed by atoms with van der Waals surface area (Å²) in [7, 11) is 1.63. The molecule has 5 heteroatoms. The van der Waals surface area contributed by atoms with Crippen molar-refractivity contribution in [3.63, 3.8) is 0 Å². The molecule has 19 heavy (non-hydrogen) atoms. The SMILES string of the molecule is COc1ccc(C(N)c2ccc(Br)cc2Cl)c(Br)c1. The van der Waals surface area contributed by atoms with E-state index in [2.05, 4.69) is 31.9 Å². The Balaban J connectivity index is 2.41. The number of benzene rings is 2. The van der Waals surface area contributed by atoms with Gasteiger partial charge in [-0.15, -0.1) is 0 Å². The van der Waals surface area contributed by atoms with E-state index >= 15 is 0 Å². The van der Waals surface area contributed by atoms with Crippen molar-refractivity contribution in [1.82, 2.24) is 0 Å². The highest BCUT2D eigenvalue weighted by Crippen LogP contribution is 2.33. The zero-order chi connectivity index (χ0) is 14.0. The van der Waals surface area contributed by atoms with E-state index in [0.717, 1.165) is 25.8 Å². The zero-order valence-electron chi connectivity index (χ0n) is 10.2. The Hall–Kier alpha value is -0.550. The largest absolute Gasteiger partial charge is 0.497 e. The molecule has 2 rings (SSSR count). The van der Waals surface area contributed by atoms with Gasteiger partial charge in [0.25, 0.3) is 0 Å². The summed E-state index contributed by atoms with van der Waals surface area (Å²) in [5.41, 5.74) is 8.14. The lowest BCUT2D eigenvalue weighted by molar-refractivity contribution is 0.414. The second-order valence-corrected chi connectivity index (χ2v) is 6.21. The summed E-state index contributed by atoms with van der Waals surface area (Å²) in [4.78, 5) is 0. The van der Waals surface area contributed by atoms with Gasteiger partial charge in [0.15, 0.2) is 0 Å². The van der Waals surface area contributed by atoms with Crippen LogP contribution in [0, 0.1) is 0 Å². The number of ether oxygens (including phenoxy) is 1.